The van der Waals surface area contributed by atoms with Gasteiger partial charge in [0.15, 0.2) is 12.6 Å². The number of hydrogen-bond donors (Lipinski definition) is 0. The van der Waals surface area contributed by atoms with Gasteiger partial charge in [-0.15, -0.1) is 11.3 Å². The number of methoxy groups -OCH3 is 2. The van der Waals surface area contributed by atoms with Crippen molar-refractivity contribution in [3.8, 4) is 21.9 Å². The molecule has 0 aliphatic carbocycles. The maximum atomic E-state index is 10.8. The van der Waals surface area contributed by atoms with Crippen LogP contribution >= 0.6 is 27.3 Å². The summed E-state index contributed by atoms with van der Waals surface area (Å²) in [6.07, 6.45) is 1.58. The number of aldehydes is 2. The van der Waals surface area contributed by atoms with Gasteiger partial charge in [-0.05, 0) is 53.4 Å². The van der Waals surface area contributed by atoms with Gasteiger partial charge in [-0.25, -0.2) is 0 Å². The standard InChI is InChI=1S/C12H10O2S.C8H7BrO2/c1-14-11-5-4-9(7-10(11)8-13)12-3-2-6-15-12;1-11-8-3-2-7(9)4-6(8)5-10/h2-8H,1H3;2-5H,1H3. The second kappa shape index (κ2) is 9.89. The van der Waals surface area contributed by atoms with E-state index in [9.17, 15) is 9.59 Å². The molecule has 0 N–H and O–H groups in total. The Kier molecular flexibility index (Phi) is 7.56. The van der Waals surface area contributed by atoms with E-state index in [1.54, 1.807) is 30.6 Å². The first-order valence-corrected chi connectivity index (χ1v) is 9.26. The Bertz CT molecular complexity index is 876. The van der Waals surface area contributed by atoms with Gasteiger partial charge < -0.3 is 9.47 Å². The van der Waals surface area contributed by atoms with Gasteiger partial charge in [-0.1, -0.05) is 22.0 Å². The number of ether oxygens (including phenoxy) is 2. The van der Waals surface area contributed by atoms with Gasteiger partial charge in [-0.2, -0.15) is 0 Å². The molecule has 0 amide bonds. The zero-order valence-electron chi connectivity index (χ0n) is 14.3. The van der Waals surface area contributed by atoms with Crippen LogP contribution in [-0.2, 0) is 0 Å². The van der Waals surface area contributed by atoms with Crippen molar-refractivity contribution in [2.24, 2.45) is 0 Å². The number of carbonyl (C=O) groups is 2. The van der Waals surface area contributed by atoms with Crippen LogP contribution in [0.4, 0.5) is 0 Å². The highest BCUT2D eigenvalue weighted by Crippen LogP contribution is 2.28. The van der Waals surface area contributed by atoms with Gasteiger partial charge in [0.1, 0.15) is 11.5 Å². The summed E-state index contributed by atoms with van der Waals surface area (Å²) in [5.74, 6) is 1.22. The Morgan fingerprint density at radius 3 is 2.04 bits per heavy atom. The molecule has 0 atom stereocenters. The van der Waals surface area contributed by atoms with Gasteiger partial charge in [0.25, 0.3) is 0 Å². The van der Waals surface area contributed by atoms with E-state index in [2.05, 4.69) is 15.9 Å². The average molecular weight is 433 g/mol. The molecule has 0 radical (unpaired) electrons. The molecule has 0 saturated carbocycles. The fraction of sp³-hybridized carbons (Fsp3) is 0.100. The van der Waals surface area contributed by atoms with Crippen LogP contribution < -0.4 is 9.47 Å². The summed E-state index contributed by atoms with van der Waals surface area (Å²) in [6, 6.07) is 14.9. The summed E-state index contributed by atoms with van der Waals surface area (Å²) in [5.41, 5.74) is 2.19. The monoisotopic (exact) mass is 432 g/mol. The number of hydrogen-bond acceptors (Lipinski definition) is 5. The first-order chi connectivity index (χ1) is 12.6. The molecule has 134 valence electrons. The summed E-state index contributed by atoms with van der Waals surface area (Å²) in [6.45, 7) is 0. The van der Waals surface area contributed by atoms with Gasteiger partial charge in [0.2, 0.25) is 0 Å². The van der Waals surface area contributed by atoms with E-state index in [1.807, 2.05) is 41.8 Å². The predicted octanol–water partition coefficient (Wildman–Crippen LogP) is 5.51. The molecule has 4 nitrogen and oxygen atoms in total. The molecule has 0 unspecified atom stereocenters. The second-order valence-electron chi connectivity index (χ2n) is 5.06. The maximum absolute atomic E-state index is 10.8. The Balaban J connectivity index is 0.000000197. The van der Waals surface area contributed by atoms with Crippen molar-refractivity contribution >= 4 is 39.8 Å². The highest BCUT2D eigenvalue weighted by Gasteiger charge is 2.05. The van der Waals surface area contributed by atoms with Gasteiger partial charge in [0.05, 0.1) is 25.3 Å². The Morgan fingerprint density at radius 2 is 1.50 bits per heavy atom. The van der Waals surface area contributed by atoms with Crippen LogP contribution in [0.15, 0.2) is 58.4 Å². The van der Waals surface area contributed by atoms with Gasteiger partial charge in [0, 0.05) is 9.35 Å². The number of halogens is 1. The highest BCUT2D eigenvalue weighted by atomic mass is 79.9. The molecule has 6 heteroatoms. The van der Waals surface area contributed by atoms with Crippen LogP contribution in [0, 0.1) is 0 Å². The third kappa shape index (κ3) is 5.03. The lowest BCUT2D eigenvalue weighted by atomic mass is 10.1. The topological polar surface area (TPSA) is 52.6 Å². The smallest absolute Gasteiger partial charge is 0.153 e. The number of benzene rings is 2. The van der Waals surface area contributed by atoms with Crippen molar-refractivity contribution in [3.63, 3.8) is 0 Å². The van der Waals surface area contributed by atoms with Crippen LogP contribution in [0.1, 0.15) is 20.7 Å². The SMILES string of the molecule is COc1ccc(-c2cccs2)cc1C=O.COc1ccc(Br)cc1C=O. The van der Waals surface area contributed by atoms with Gasteiger partial charge >= 0.3 is 0 Å². The molecule has 0 saturated heterocycles. The van der Waals surface area contributed by atoms with Crippen molar-refractivity contribution in [2.45, 2.75) is 0 Å². The summed E-state index contributed by atoms with van der Waals surface area (Å²) in [4.78, 5) is 22.4. The quantitative estimate of drug-likeness (QED) is 0.498. The molecule has 0 fully saturated rings. The van der Waals surface area contributed by atoms with Crippen LogP contribution in [-0.4, -0.2) is 26.8 Å². The average Bonchev–Trinajstić information content (AvgIpc) is 3.22. The number of thiophene rings is 1. The van der Waals surface area contributed by atoms with E-state index >= 15 is 0 Å². The van der Waals surface area contributed by atoms with Crippen LogP contribution in [0.3, 0.4) is 0 Å². The van der Waals surface area contributed by atoms with Crippen LogP contribution in [0.5, 0.6) is 11.5 Å². The molecule has 1 heterocycles. The summed E-state index contributed by atoms with van der Waals surface area (Å²) < 4.78 is 10.9. The number of rotatable bonds is 5. The van der Waals surface area contributed by atoms with E-state index in [-0.39, 0.29) is 0 Å². The predicted molar refractivity (Wildman–Crippen MR) is 108 cm³/mol. The molecule has 1 aromatic heterocycles. The lowest BCUT2D eigenvalue weighted by molar-refractivity contribution is 0.111. The normalized spacial score (nSPS) is 9.65. The molecular formula is C20H17BrO4S. The Morgan fingerprint density at radius 1 is 0.885 bits per heavy atom. The van der Waals surface area contributed by atoms with E-state index in [0.717, 1.165) is 27.5 Å². The fourth-order valence-electron chi connectivity index (χ4n) is 2.22. The Labute approximate surface area is 164 Å². The minimum absolute atomic E-state index is 0.557. The maximum Gasteiger partial charge on any atom is 0.153 e. The minimum atomic E-state index is 0.557. The Hall–Kier alpha value is -2.44. The molecule has 3 aromatic rings. The molecule has 3 rings (SSSR count). The number of carbonyl (C=O) groups excluding carboxylic acids is 2. The van der Waals surface area contributed by atoms with E-state index in [4.69, 9.17) is 9.47 Å². The van der Waals surface area contributed by atoms with Crippen molar-refractivity contribution in [1.29, 1.82) is 0 Å². The fourth-order valence-corrected chi connectivity index (χ4v) is 3.32. The van der Waals surface area contributed by atoms with E-state index in [0.29, 0.717) is 22.6 Å². The van der Waals surface area contributed by atoms with Crippen molar-refractivity contribution in [2.75, 3.05) is 14.2 Å². The highest BCUT2D eigenvalue weighted by molar-refractivity contribution is 9.10. The molecule has 0 spiro atoms. The lowest BCUT2D eigenvalue weighted by Gasteiger charge is -2.04. The third-order valence-corrected chi connectivity index (χ3v) is 4.89. The molecule has 0 aliphatic rings. The largest absolute Gasteiger partial charge is 0.496 e. The minimum Gasteiger partial charge on any atom is -0.496 e. The van der Waals surface area contributed by atoms with Crippen molar-refractivity contribution < 1.29 is 19.1 Å². The summed E-state index contributed by atoms with van der Waals surface area (Å²) >= 11 is 4.90. The van der Waals surface area contributed by atoms with E-state index < -0.39 is 0 Å². The van der Waals surface area contributed by atoms with Crippen molar-refractivity contribution in [3.05, 3.63) is 69.5 Å². The molecule has 26 heavy (non-hydrogen) atoms. The first-order valence-electron chi connectivity index (χ1n) is 7.58. The first kappa shape index (κ1) is 19.9. The second-order valence-corrected chi connectivity index (χ2v) is 6.92. The molecule has 0 bridgehead atoms. The van der Waals surface area contributed by atoms with E-state index in [1.165, 1.54) is 7.11 Å². The lowest BCUT2D eigenvalue weighted by Crippen LogP contribution is -1.90. The zero-order valence-corrected chi connectivity index (χ0v) is 16.7. The third-order valence-electron chi connectivity index (χ3n) is 3.48. The van der Waals surface area contributed by atoms with Crippen LogP contribution in [0.2, 0.25) is 0 Å². The molecule has 0 aliphatic heterocycles. The van der Waals surface area contributed by atoms with Crippen molar-refractivity contribution in [1.82, 2.24) is 0 Å². The molecular weight excluding hydrogens is 416 g/mol. The van der Waals surface area contributed by atoms with Crippen LogP contribution in [0.25, 0.3) is 10.4 Å². The summed E-state index contributed by atoms with van der Waals surface area (Å²) in [7, 11) is 3.10. The molecule has 2 aromatic carbocycles. The van der Waals surface area contributed by atoms with Gasteiger partial charge in [-0.3, -0.25) is 9.59 Å². The zero-order chi connectivity index (χ0) is 18.9. The summed E-state index contributed by atoms with van der Waals surface area (Å²) in [5, 5.41) is 2.01.